The van der Waals surface area contributed by atoms with Gasteiger partial charge in [-0.3, -0.25) is 9.59 Å². The highest BCUT2D eigenvalue weighted by Crippen LogP contribution is 2.09. The van der Waals surface area contributed by atoms with Gasteiger partial charge >= 0.3 is 5.97 Å². The Morgan fingerprint density at radius 1 is 1.23 bits per heavy atom. The van der Waals surface area contributed by atoms with Gasteiger partial charge in [0.05, 0.1) is 33.4 Å². The van der Waals surface area contributed by atoms with Crippen molar-refractivity contribution in [3.8, 4) is 0 Å². The van der Waals surface area contributed by atoms with Gasteiger partial charge in [-0.1, -0.05) is 17.7 Å². The van der Waals surface area contributed by atoms with Crippen LogP contribution in [-0.4, -0.2) is 61.9 Å². The van der Waals surface area contributed by atoms with Crippen LogP contribution in [0.4, 0.5) is 0 Å². The van der Waals surface area contributed by atoms with E-state index in [2.05, 4.69) is 4.74 Å². The maximum Gasteiger partial charge on any atom is 0.307 e. The number of aliphatic hydroxyl groups excluding tert-OH is 1. The number of aryl methyl sites for hydroxylation is 1. The number of amides is 1. The summed E-state index contributed by atoms with van der Waals surface area (Å²) >= 11 is 0. The van der Waals surface area contributed by atoms with Crippen LogP contribution >= 0.6 is 0 Å². The first-order chi connectivity index (χ1) is 10.6. The molecule has 0 aliphatic carbocycles. The molecule has 0 atom stereocenters. The van der Waals surface area contributed by atoms with Crippen molar-refractivity contribution in [2.45, 2.75) is 13.3 Å². The van der Waals surface area contributed by atoms with E-state index in [9.17, 15) is 9.59 Å². The zero-order chi connectivity index (χ0) is 16.4. The summed E-state index contributed by atoms with van der Waals surface area (Å²) in [6.07, 6.45) is 0.133. The molecule has 0 fully saturated rings. The Morgan fingerprint density at radius 3 is 2.64 bits per heavy atom. The van der Waals surface area contributed by atoms with Gasteiger partial charge in [-0.25, -0.2) is 0 Å². The van der Waals surface area contributed by atoms with Gasteiger partial charge in [0, 0.05) is 18.7 Å². The number of hydrogen-bond donors (Lipinski definition) is 1. The highest BCUT2D eigenvalue weighted by atomic mass is 16.5. The number of carbonyl (C=O) groups is 2. The van der Waals surface area contributed by atoms with Crippen LogP contribution in [-0.2, 0) is 14.3 Å². The molecule has 1 N–H and O–H groups in total. The Kier molecular flexibility index (Phi) is 8.17. The van der Waals surface area contributed by atoms with Gasteiger partial charge in [0.1, 0.15) is 0 Å². The quantitative estimate of drug-likeness (QED) is 0.544. The van der Waals surface area contributed by atoms with Crippen molar-refractivity contribution in [1.29, 1.82) is 0 Å². The van der Waals surface area contributed by atoms with Crippen molar-refractivity contribution in [2.24, 2.45) is 0 Å². The number of methoxy groups -OCH3 is 1. The fraction of sp³-hybridized carbons (Fsp3) is 0.500. The first-order valence-electron chi connectivity index (χ1n) is 7.20. The van der Waals surface area contributed by atoms with E-state index >= 15 is 0 Å². The molecule has 0 unspecified atom stereocenters. The van der Waals surface area contributed by atoms with Crippen molar-refractivity contribution in [2.75, 3.05) is 40.0 Å². The highest BCUT2D eigenvalue weighted by molar-refractivity contribution is 5.94. The van der Waals surface area contributed by atoms with E-state index < -0.39 is 0 Å². The minimum absolute atomic E-state index is 0.0615. The Morgan fingerprint density at radius 2 is 2.00 bits per heavy atom. The van der Waals surface area contributed by atoms with E-state index in [1.165, 1.54) is 7.11 Å². The smallest absolute Gasteiger partial charge is 0.307 e. The lowest BCUT2D eigenvalue weighted by Gasteiger charge is -2.22. The first-order valence-corrected chi connectivity index (χ1v) is 7.20. The molecule has 0 saturated carbocycles. The lowest BCUT2D eigenvalue weighted by Crippen LogP contribution is -2.36. The van der Waals surface area contributed by atoms with Crippen molar-refractivity contribution >= 4 is 11.9 Å². The zero-order valence-electron chi connectivity index (χ0n) is 13.1. The molecular weight excluding hydrogens is 286 g/mol. The summed E-state index contributed by atoms with van der Waals surface area (Å²) in [5.74, 6) is -0.515. The van der Waals surface area contributed by atoms with Crippen molar-refractivity contribution < 1.29 is 24.2 Å². The number of benzene rings is 1. The maximum atomic E-state index is 12.5. The summed E-state index contributed by atoms with van der Waals surface area (Å²) in [7, 11) is 1.32. The molecule has 0 saturated heterocycles. The molecule has 0 aliphatic heterocycles. The van der Waals surface area contributed by atoms with E-state index in [0.29, 0.717) is 18.7 Å². The average molecular weight is 309 g/mol. The molecule has 122 valence electrons. The number of ether oxygens (including phenoxy) is 2. The predicted molar refractivity (Wildman–Crippen MR) is 81.6 cm³/mol. The Balaban J connectivity index is 2.69. The summed E-state index contributed by atoms with van der Waals surface area (Å²) in [5.41, 5.74) is 1.57. The highest BCUT2D eigenvalue weighted by Gasteiger charge is 2.17. The summed E-state index contributed by atoms with van der Waals surface area (Å²) in [6, 6.07) is 7.29. The van der Waals surface area contributed by atoms with Crippen LogP contribution in [0.3, 0.4) is 0 Å². The first kappa shape index (κ1) is 18.1. The zero-order valence-corrected chi connectivity index (χ0v) is 13.1. The number of nitrogens with zero attached hydrogens (tertiary/aromatic N) is 1. The molecule has 22 heavy (non-hydrogen) atoms. The number of carbonyl (C=O) groups excluding carboxylic acids is 2. The fourth-order valence-corrected chi connectivity index (χ4v) is 1.95. The molecule has 1 aromatic rings. The van der Waals surface area contributed by atoms with Gasteiger partial charge < -0.3 is 19.5 Å². The lowest BCUT2D eigenvalue weighted by molar-refractivity contribution is -0.140. The van der Waals surface area contributed by atoms with E-state index in [4.69, 9.17) is 9.84 Å². The topological polar surface area (TPSA) is 76.1 Å². The molecule has 6 heteroatoms. The van der Waals surface area contributed by atoms with Crippen LogP contribution in [0.15, 0.2) is 24.3 Å². The van der Waals surface area contributed by atoms with Gasteiger partial charge in [-0.05, 0) is 19.1 Å². The van der Waals surface area contributed by atoms with Crippen LogP contribution in [0.1, 0.15) is 22.3 Å². The standard InChI is InChI=1S/C16H23NO5/c1-13-4-3-5-14(12-13)16(20)17(7-6-15(19)21-2)8-10-22-11-9-18/h3-5,12,18H,6-11H2,1-2H3. The maximum absolute atomic E-state index is 12.5. The van der Waals surface area contributed by atoms with E-state index in [1.807, 2.05) is 25.1 Å². The molecule has 0 bridgehead atoms. The summed E-state index contributed by atoms with van der Waals surface area (Å²) < 4.78 is 9.80. The van der Waals surface area contributed by atoms with Gasteiger partial charge in [-0.2, -0.15) is 0 Å². The SMILES string of the molecule is COC(=O)CCN(CCOCCO)C(=O)c1cccc(C)c1. The second-order valence-corrected chi connectivity index (χ2v) is 4.82. The normalized spacial score (nSPS) is 10.3. The van der Waals surface area contributed by atoms with E-state index in [1.54, 1.807) is 11.0 Å². The number of hydrogen-bond acceptors (Lipinski definition) is 5. The van der Waals surface area contributed by atoms with Gasteiger partial charge in [0.2, 0.25) is 0 Å². The van der Waals surface area contributed by atoms with E-state index in [-0.39, 0.29) is 38.1 Å². The fourth-order valence-electron chi connectivity index (χ4n) is 1.95. The van der Waals surface area contributed by atoms with E-state index in [0.717, 1.165) is 5.56 Å². The molecule has 0 aliphatic rings. The van der Waals surface area contributed by atoms with Crippen LogP contribution < -0.4 is 0 Å². The Hall–Kier alpha value is -1.92. The predicted octanol–water partition coefficient (Wildman–Crippen LogP) is 1.01. The van der Waals surface area contributed by atoms with Crippen molar-refractivity contribution in [3.05, 3.63) is 35.4 Å². The molecule has 1 rings (SSSR count). The molecule has 1 aromatic carbocycles. The van der Waals surface area contributed by atoms with Crippen molar-refractivity contribution in [1.82, 2.24) is 4.90 Å². The number of esters is 1. The molecular formula is C16H23NO5. The largest absolute Gasteiger partial charge is 0.469 e. The molecule has 1 amide bonds. The molecule has 0 spiro atoms. The second kappa shape index (κ2) is 9.92. The van der Waals surface area contributed by atoms with Crippen LogP contribution in [0.2, 0.25) is 0 Å². The van der Waals surface area contributed by atoms with Crippen molar-refractivity contribution in [3.63, 3.8) is 0 Å². The summed E-state index contributed by atoms with van der Waals surface area (Å²) in [5, 5.41) is 8.69. The van der Waals surface area contributed by atoms with Gasteiger partial charge in [-0.15, -0.1) is 0 Å². The average Bonchev–Trinajstić information content (AvgIpc) is 2.53. The van der Waals surface area contributed by atoms with Crippen LogP contribution in [0.5, 0.6) is 0 Å². The molecule has 0 aromatic heterocycles. The molecule has 0 heterocycles. The lowest BCUT2D eigenvalue weighted by atomic mass is 10.1. The Bertz CT molecular complexity index is 489. The third kappa shape index (κ3) is 6.24. The minimum atomic E-state index is -0.363. The minimum Gasteiger partial charge on any atom is -0.469 e. The number of aliphatic hydroxyl groups is 1. The molecule has 0 radical (unpaired) electrons. The number of rotatable bonds is 9. The van der Waals surface area contributed by atoms with Gasteiger partial charge in [0.25, 0.3) is 5.91 Å². The molecule has 6 nitrogen and oxygen atoms in total. The monoisotopic (exact) mass is 309 g/mol. The van der Waals surface area contributed by atoms with Gasteiger partial charge in [0.15, 0.2) is 0 Å². The van der Waals surface area contributed by atoms with Crippen LogP contribution in [0, 0.1) is 6.92 Å². The third-order valence-corrected chi connectivity index (χ3v) is 3.11. The summed E-state index contributed by atoms with van der Waals surface area (Å²) in [6.45, 7) is 3.00. The van der Waals surface area contributed by atoms with Crippen LogP contribution in [0.25, 0.3) is 0 Å². The summed E-state index contributed by atoms with van der Waals surface area (Å²) in [4.78, 5) is 25.4. The Labute approximate surface area is 130 Å². The third-order valence-electron chi connectivity index (χ3n) is 3.11. The second-order valence-electron chi connectivity index (χ2n) is 4.82.